The van der Waals surface area contributed by atoms with Crippen molar-refractivity contribution < 1.29 is 28.7 Å². The largest absolute Gasteiger partial charge is 0.497 e. The van der Waals surface area contributed by atoms with Gasteiger partial charge in [-0.1, -0.05) is 17.7 Å². The predicted octanol–water partition coefficient (Wildman–Crippen LogP) is 4.90. The minimum absolute atomic E-state index is 0.0750. The Morgan fingerprint density at radius 2 is 1.55 bits per heavy atom. The number of methoxy groups -OCH3 is 2. The highest BCUT2D eigenvalue weighted by Gasteiger charge is 2.40. The van der Waals surface area contributed by atoms with E-state index in [9.17, 15) is 19.2 Å². The Bertz CT molecular complexity index is 1500. The lowest BCUT2D eigenvalue weighted by Gasteiger charge is -2.19. The SMILES string of the molecule is COc1ccc(N2C(=O)C(Cl)=C(Nc3cc(C(=O)Nc4ccc(C(C)=O)cc4)ccc3C)C2=O)c(OC)c1. The molecule has 9 nitrogen and oxygen atoms in total. The molecule has 0 aliphatic carbocycles. The van der Waals surface area contributed by atoms with Gasteiger partial charge in [0.2, 0.25) is 0 Å². The molecule has 194 valence electrons. The summed E-state index contributed by atoms with van der Waals surface area (Å²) in [5, 5.41) is 5.40. The van der Waals surface area contributed by atoms with Crippen LogP contribution in [-0.2, 0) is 9.59 Å². The van der Waals surface area contributed by atoms with Crippen molar-refractivity contribution in [3.63, 3.8) is 0 Å². The zero-order valence-corrected chi connectivity index (χ0v) is 21.8. The molecule has 1 aliphatic heterocycles. The van der Waals surface area contributed by atoms with Crippen LogP contribution >= 0.6 is 11.6 Å². The second kappa shape index (κ2) is 10.8. The van der Waals surface area contributed by atoms with Crippen molar-refractivity contribution in [1.29, 1.82) is 0 Å². The molecule has 3 aromatic carbocycles. The van der Waals surface area contributed by atoms with Crippen LogP contribution in [0, 0.1) is 6.92 Å². The van der Waals surface area contributed by atoms with Gasteiger partial charge in [0.05, 0.1) is 19.9 Å². The van der Waals surface area contributed by atoms with Gasteiger partial charge in [0.1, 0.15) is 22.2 Å². The quantitative estimate of drug-likeness (QED) is 0.312. The number of carbonyl (C=O) groups excluding carboxylic acids is 4. The molecule has 0 radical (unpaired) electrons. The van der Waals surface area contributed by atoms with E-state index >= 15 is 0 Å². The molecule has 4 rings (SSSR count). The third-order valence-electron chi connectivity index (χ3n) is 5.96. The van der Waals surface area contributed by atoms with Gasteiger partial charge < -0.3 is 20.1 Å². The number of hydrogen-bond acceptors (Lipinski definition) is 7. The van der Waals surface area contributed by atoms with E-state index in [1.54, 1.807) is 61.5 Å². The standard InChI is InChI=1S/C28H24ClN3O6/c1-15-5-6-18(26(34)30-19-9-7-17(8-10-19)16(2)33)13-21(15)31-25-24(29)27(35)32(28(25)36)22-12-11-20(37-3)14-23(22)38-4/h5-14,31H,1-4H3,(H,30,34). The molecule has 3 amide bonds. The first-order chi connectivity index (χ1) is 18.1. The van der Waals surface area contributed by atoms with Crippen LogP contribution in [0.3, 0.4) is 0 Å². The van der Waals surface area contributed by atoms with E-state index in [1.807, 2.05) is 0 Å². The van der Waals surface area contributed by atoms with Crippen molar-refractivity contribution in [3.05, 3.63) is 88.1 Å². The molecule has 0 spiro atoms. The van der Waals surface area contributed by atoms with Gasteiger partial charge in [-0.25, -0.2) is 4.90 Å². The number of rotatable bonds is 8. The molecule has 0 aromatic heterocycles. The van der Waals surface area contributed by atoms with Crippen LogP contribution in [0.2, 0.25) is 0 Å². The summed E-state index contributed by atoms with van der Waals surface area (Å²) in [6.07, 6.45) is 0. The van der Waals surface area contributed by atoms with E-state index < -0.39 is 17.7 Å². The van der Waals surface area contributed by atoms with Crippen molar-refractivity contribution in [2.75, 3.05) is 29.8 Å². The minimum atomic E-state index is -0.719. The van der Waals surface area contributed by atoms with Crippen LogP contribution in [-0.4, -0.2) is 37.7 Å². The lowest BCUT2D eigenvalue weighted by atomic mass is 10.1. The first-order valence-corrected chi connectivity index (χ1v) is 11.8. The molecule has 0 fully saturated rings. The number of ether oxygens (including phenoxy) is 2. The summed E-state index contributed by atoms with van der Waals surface area (Å²) in [6.45, 7) is 3.25. The van der Waals surface area contributed by atoms with Gasteiger partial charge in [0.15, 0.2) is 5.78 Å². The number of Topliss-reactive ketones (excluding diaryl/α,β-unsaturated/α-hetero) is 1. The summed E-state index contributed by atoms with van der Waals surface area (Å²) in [4.78, 5) is 51.5. The molecular formula is C28H24ClN3O6. The topological polar surface area (TPSA) is 114 Å². The summed E-state index contributed by atoms with van der Waals surface area (Å²) in [6, 6.07) is 16.1. The number of anilines is 3. The average Bonchev–Trinajstić information content (AvgIpc) is 3.12. The molecule has 2 N–H and O–H groups in total. The zero-order valence-electron chi connectivity index (χ0n) is 21.0. The van der Waals surface area contributed by atoms with Crippen molar-refractivity contribution in [2.24, 2.45) is 0 Å². The first-order valence-electron chi connectivity index (χ1n) is 11.4. The molecule has 0 saturated heterocycles. The summed E-state index contributed by atoms with van der Waals surface area (Å²) in [7, 11) is 2.90. The van der Waals surface area contributed by atoms with Gasteiger partial charge >= 0.3 is 0 Å². The number of carbonyl (C=O) groups is 4. The molecular weight excluding hydrogens is 510 g/mol. The number of hydrogen-bond donors (Lipinski definition) is 2. The van der Waals surface area contributed by atoms with E-state index in [0.717, 1.165) is 4.90 Å². The van der Waals surface area contributed by atoms with Crippen molar-refractivity contribution in [2.45, 2.75) is 13.8 Å². The smallest absolute Gasteiger partial charge is 0.283 e. The summed E-state index contributed by atoms with van der Waals surface area (Å²) in [5.41, 5.74) is 2.56. The molecule has 0 atom stereocenters. The van der Waals surface area contributed by atoms with Crippen molar-refractivity contribution >= 4 is 52.2 Å². The van der Waals surface area contributed by atoms with Crippen LogP contribution in [0.4, 0.5) is 17.1 Å². The van der Waals surface area contributed by atoms with E-state index in [2.05, 4.69) is 10.6 Å². The molecule has 10 heteroatoms. The fourth-order valence-corrected chi connectivity index (χ4v) is 4.04. The van der Waals surface area contributed by atoms with E-state index in [0.29, 0.717) is 33.8 Å². The highest BCUT2D eigenvalue weighted by molar-refractivity contribution is 6.53. The van der Waals surface area contributed by atoms with Crippen molar-refractivity contribution in [1.82, 2.24) is 0 Å². The number of halogens is 1. The fourth-order valence-electron chi connectivity index (χ4n) is 3.82. The Kier molecular flexibility index (Phi) is 7.50. The number of ketones is 1. The van der Waals surface area contributed by atoms with Gasteiger partial charge in [0, 0.05) is 28.6 Å². The average molecular weight is 534 g/mol. The van der Waals surface area contributed by atoms with Gasteiger partial charge in [-0.2, -0.15) is 0 Å². The Morgan fingerprint density at radius 1 is 0.868 bits per heavy atom. The first kappa shape index (κ1) is 26.4. The zero-order chi connectivity index (χ0) is 27.6. The normalized spacial score (nSPS) is 13.0. The van der Waals surface area contributed by atoms with Crippen LogP contribution < -0.4 is 25.0 Å². The van der Waals surface area contributed by atoms with Gasteiger partial charge in [-0.05, 0) is 67.9 Å². The van der Waals surface area contributed by atoms with Crippen LogP contribution in [0.1, 0.15) is 33.2 Å². The number of aryl methyl sites for hydroxylation is 1. The van der Waals surface area contributed by atoms with Crippen LogP contribution in [0.25, 0.3) is 0 Å². The summed E-state index contributed by atoms with van der Waals surface area (Å²) < 4.78 is 10.5. The molecule has 0 bridgehead atoms. The van der Waals surface area contributed by atoms with Gasteiger partial charge in [-0.3, -0.25) is 19.2 Å². The number of benzene rings is 3. The Hall–Kier alpha value is -4.63. The Morgan fingerprint density at radius 3 is 2.18 bits per heavy atom. The maximum absolute atomic E-state index is 13.3. The van der Waals surface area contributed by atoms with Crippen molar-refractivity contribution in [3.8, 4) is 11.5 Å². The molecule has 38 heavy (non-hydrogen) atoms. The van der Waals surface area contributed by atoms with Crippen LogP contribution in [0.15, 0.2) is 71.4 Å². The number of nitrogens with zero attached hydrogens (tertiary/aromatic N) is 1. The predicted molar refractivity (Wildman–Crippen MR) is 144 cm³/mol. The molecule has 1 aliphatic rings. The van der Waals surface area contributed by atoms with E-state index in [1.165, 1.54) is 27.2 Å². The molecule has 1 heterocycles. The third kappa shape index (κ3) is 5.09. The van der Waals surface area contributed by atoms with E-state index in [-0.39, 0.29) is 27.9 Å². The molecule has 0 saturated carbocycles. The Balaban J connectivity index is 1.57. The summed E-state index contributed by atoms with van der Waals surface area (Å²) in [5.74, 6) is -1.13. The number of imide groups is 1. The number of nitrogens with one attached hydrogen (secondary N) is 2. The summed E-state index contributed by atoms with van der Waals surface area (Å²) >= 11 is 6.31. The van der Waals surface area contributed by atoms with E-state index in [4.69, 9.17) is 21.1 Å². The lowest BCUT2D eigenvalue weighted by molar-refractivity contribution is -0.120. The monoisotopic (exact) mass is 533 g/mol. The highest BCUT2D eigenvalue weighted by Crippen LogP contribution is 2.38. The maximum Gasteiger partial charge on any atom is 0.283 e. The second-order valence-electron chi connectivity index (χ2n) is 8.41. The fraction of sp³-hybridized carbons (Fsp3) is 0.143. The van der Waals surface area contributed by atoms with Crippen LogP contribution in [0.5, 0.6) is 11.5 Å². The lowest BCUT2D eigenvalue weighted by Crippen LogP contribution is -2.32. The maximum atomic E-state index is 13.3. The Labute approximate surface area is 224 Å². The third-order valence-corrected chi connectivity index (χ3v) is 6.31. The molecule has 3 aromatic rings. The van der Waals surface area contributed by atoms with Gasteiger partial charge in [-0.15, -0.1) is 0 Å². The minimum Gasteiger partial charge on any atom is -0.497 e. The van der Waals surface area contributed by atoms with Gasteiger partial charge in [0.25, 0.3) is 17.7 Å². The molecule has 0 unspecified atom stereocenters. The second-order valence-corrected chi connectivity index (χ2v) is 8.79. The number of amides is 3. The highest BCUT2D eigenvalue weighted by atomic mass is 35.5.